The molecule has 0 aromatic carbocycles. The van der Waals surface area contributed by atoms with Crippen LogP contribution in [0.25, 0.3) is 0 Å². The summed E-state index contributed by atoms with van der Waals surface area (Å²) in [6.07, 6.45) is 5.31. The van der Waals surface area contributed by atoms with Crippen LogP contribution in [-0.4, -0.2) is 38.0 Å². The Kier molecular flexibility index (Phi) is 4.22. The third-order valence-electron chi connectivity index (χ3n) is 3.68. The third-order valence-corrected chi connectivity index (χ3v) is 3.68. The average Bonchev–Trinajstić information content (AvgIpc) is 2.82. The van der Waals surface area contributed by atoms with Gasteiger partial charge in [-0.3, -0.25) is 0 Å². The van der Waals surface area contributed by atoms with Gasteiger partial charge in [-0.15, -0.1) is 0 Å². The largest absolute Gasteiger partial charge is 0.381 e. The highest BCUT2D eigenvalue weighted by molar-refractivity contribution is 4.81. The molecular formula is C13H25NO2. The highest BCUT2D eigenvalue weighted by atomic mass is 16.5. The van der Waals surface area contributed by atoms with E-state index < -0.39 is 0 Å². The van der Waals surface area contributed by atoms with Gasteiger partial charge in [0.25, 0.3) is 0 Å². The normalized spacial score (nSPS) is 33.4. The lowest BCUT2D eigenvalue weighted by Gasteiger charge is -2.19. The number of nitrogens with one attached hydrogen (secondary N) is 1. The lowest BCUT2D eigenvalue weighted by atomic mass is 10.0. The summed E-state index contributed by atoms with van der Waals surface area (Å²) in [6, 6.07) is 0. The van der Waals surface area contributed by atoms with Gasteiger partial charge in [-0.1, -0.05) is 0 Å². The fourth-order valence-electron chi connectivity index (χ4n) is 2.60. The van der Waals surface area contributed by atoms with Crippen LogP contribution in [0.15, 0.2) is 0 Å². The molecule has 3 nitrogen and oxygen atoms in total. The van der Waals surface area contributed by atoms with Gasteiger partial charge in [-0.25, -0.2) is 0 Å². The zero-order valence-corrected chi connectivity index (χ0v) is 10.6. The van der Waals surface area contributed by atoms with Crippen molar-refractivity contribution in [1.29, 1.82) is 0 Å². The molecule has 0 saturated carbocycles. The van der Waals surface area contributed by atoms with Crippen LogP contribution in [0.1, 0.15) is 39.5 Å². The van der Waals surface area contributed by atoms with Crippen molar-refractivity contribution in [3.05, 3.63) is 0 Å². The minimum atomic E-state index is 0.103. The zero-order valence-electron chi connectivity index (χ0n) is 10.6. The van der Waals surface area contributed by atoms with Gasteiger partial charge in [-0.05, 0) is 52.0 Å². The summed E-state index contributed by atoms with van der Waals surface area (Å²) < 4.78 is 11.3. The van der Waals surface area contributed by atoms with Gasteiger partial charge in [0, 0.05) is 19.8 Å². The van der Waals surface area contributed by atoms with Gasteiger partial charge >= 0.3 is 0 Å². The Morgan fingerprint density at radius 1 is 1.31 bits per heavy atom. The summed E-state index contributed by atoms with van der Waals surface area (Å²) in [7, 11) is 0. The minimum Gasteiger partial charge on any atom is -0.381 e. The van der Waals surface area contributed by atoms with Crippen LogP contribution in [0, 0.1) is 5.92 Å². The standard InChI is InChI=1S/C13H25NO2/c1-13(2)6-3-12(16-13)9-14-7-4-11-5-8-15-10-11/h11-12,14H,3-10H2,1-2H3. The smallest absolute Gasteiger partial charge is 0.0707 e. The predicted molar refractivity (Wildman–Crippen MR) is 64.6 cm³/mol. The van der Waals surface area contributed by atoms with Gasteiger partial charge in [0.15, 0.2) is 0 Å². The van der Waals surface area contributed by atoms with Crippen molar-refractivity contribution in [3.63, 3.8) is 0 Å². The van der Waals surface area contributed by atoms with Crippen molar-refractivity contribution in [3.8, 4) is 0 Å². The molecule has 2 atom stereocenters. The molecule has 2 aliphatic heterocycles. The first kappa shape index (κ1) is 12.3. The van der Waals surface area contributed by atoms with Crippen LogP contribution in [0.2, 0.25) is 0 Å². The lowest BCUT2D eigenvalue weighted by Crippen LogP contribution is -2.30. The quantitative estimate of drug-likeness (QED) is 0.728. The average molecular weight is 227 g/mol. The molecule has 2 fully saturated rings. The molecule has 0 amide bonds. The summed E-state index contributed by atoms with van der Waals surface area (Å²) in [4.78, 5) is 0. The van der Waals surface area contributed by atoms with Gasteiger partial charge < -0.3 is 14.8 Å². The molecular weight excluding hydrogens is 202 g/mol. The number of rotatable bonds is 5. The molecule has 2 heterocycles. The molecule has 2 saturated heterocycles. The topological polar surface area (TPSA) is 30.5 Å². The predicted octanol–water partition coefficient (Wildman–Crippen LogP) is 1.96. The number of ether oxygens (including phenoxy) is 2. The van der Waals surface area contributed by atoms with E-state index in [0.717, 1.165) is 32.2 Å². The molecule has 2 rings (SSSR count). The van der Waals surface area contributed by atoms with E-state index in [-0.39, 0.29) is 5.60 Å². The lowest BCUT2D eigenvalue weighted by molar-refractivity contribution is -0.0142. The Bertz CT molecular complexity index is 212. The van der Waals surface area contributed by atoms with E-state index in [4.69, 9.17) is 9.47 Å². The molecule has 16 heavy (non-hydrogen) atoms. The molecule has 2 unspecified atom stereocenters. The van der Waals surface area contributed by atoms with Crippen molar-refractivity contribution in [2.75, 3.05) is 26.3 Å². The molecule has 0 aliphatic carbocycles. The second-order valence-electron chi connectivity index (χ2n) is 5.76. The second-order valence-corrected chi connectivity index (χ2v) is 5.76. The highest BCUT2D eigenvalue weighted by Gasteiger charge is 2.31. The monoisotopic (exact) mass is 227 g/mol. The van der Waals surface area contributed by atoms with Crippen LogP contribution in [0.5, 0.6) is 0 Å². The molecule has 1 N–H and O–H groups in total. The summed E-state index contributed by atoms with van der Waals surface area (Å²) in [6.45, 7) is 8.41. The van der Waals surface area contributed by atoms with E-state index in [9.17, 15) is 0 Å². The summed E-state index contributed by atoms with van der Waals surface area (Å²) in [5, 5.41) is 3.51. The highest BCUT2D eigenvalue weighted by Crippen LogP contribution is 2.28. The minimum absolute atomic E-state index is 0.103. The van der Waals surface area contributed by atoms with Crippen molar-refractivity contribution < 1.29 is 9.47 Å². The Morgan fingerprint density at radius 3 is 2.81 bits per heavy atom. The summed E-state index contributed by atoms with van der Waals surface area (Å²) in [5.41, 5.74) is 0.103. The molecule has 0 bridgehead atoms. The van der Waals surface area contributed by atoms with Crippen LogP contribution in [-0.2, 0) is 9.47 Å². The van der Waals surface area contributed by atoms with E-state index in [1.54, 1.807) is 0 Å². The first-order chi connectivity index (χ1) is 7.66. The van der Waals surface area contributed by atoms with Gasteiger partial charge in [-0.2, -0.15) is 0 Å². The van der Waals surface area contributed by atoms with Crippen LogP contribution < -0.4 is 5.32 Å². The van der Waals surface area contributed by atoms with E-state index in [2.05, 4.69) is 19.2 Å². The Balaban J connectivity index is 1.51. The Labute approximate surface area is 98.9 Å². The van der Waals surface area contributed by atoms with Crippen molar-refractivity contribution >= 4 is 0 Å². The molecule has 0 radical (unpaired) electrons. The molecule has 0 aromatic heterocycles. The summed E-state index contributed by atoms with van der Waals surface area (Å²) in [5.74, 6) is 0.786. The third kappa shape index (κ3) is 3.72. The van der Waals surface area contributed by atoms with Crippen LogP contribution in [0.4, 0.5) is 0 Å². The van der Waals surface area contributed by atoms with Crippen molar-refractivity contribution in [2.45, 2.75) is 51.2 Å². The fraction of sp³-hybridized carbons (Fsp3) is 1.00. The SMILES string of the molecule is CC1(C)CCC(CNCCC2CCOC2)O1. The molecule has 3 heteroatoms. The van der Waals surface area contributed by atoms with Gasteiger partial charge in [0.1, 0.15) is 0 Å². The van der Waals surface area contributed by atoms with E-state index >= 15 is 0 Å². The maximum atomic E-state index is 5.93. The van der Waals surface area contributed by atoms with E-state index in [1.165, 1.54) is 25.7 Å². The van der Waals surface area contributed by atoms with Crippen LogP contribution in [0.3, 0.4) is 0 Å². The first-order valence-electron chi connectivity index (χ1n) is 6.62. The van der Waals surface area contributed by atoms with Gasteiger partial charge in [0.2, 0.25) is 0 Å². The number of hydrogen-bond acceptors (Lipinski definition) is 3. The zero-order chi connectivity index (χ0) is 11.4. The maximum Gasteiger partial charge on any atom is 0.0707 e. The van der Waals surface area contributed by atoms with Crippen molar-refractivity contribution in [2.24, 2.45) is 5.92 Å². The fourth-order valence-corrected chi connectivity index (χ4v) is 2.60. The second kappa shape index (κ2) is 5.48. The number of hydrogen-bond donors (Lipinski definition) is 1. The van der Waals surface area contributed by atoms with Gasteiger partial charge in [0.05, 0.1) is 11.7 Å². The van der Waals surface area contributed by atoms with Crippen LogP contribution >= 0.6 is 0 Å². The maximum absolute atomic E-state index is 5.93. The molecule has 0 aromatic rings. The van der Waals surface area contributed by atoms with E-state index in [1.807, 2.05) is 0 Å². The Hall–Kier alpha value is -0.120. The molecule has 2 aliphatic rings. The van der Waals surface area contributed by atoms with E-state index in [0.29, 0.717) is 6.10 Å². The first-order valence-corrected chi connectivity index (χ1v) is 6.62. The Morgan fingerprint density at radius 2 is 2.19 bits per heavy atom. The summed E-state index contributed by atoms with van der Waals surface area (Å²) >= 11 is 0. The van der Waals surface area contributed by atoms with Crippen molar-refractivity contribution in [1.82, 2.24) is 5.32 Å². The molecule has 94 valence electrons. The molecule has 0 spiro atoms.